The lowest BCUT2D eigenvalue weighted by atomic mass is 10.1. The van der Waals surface area contributed by atoms with E-state index in [1.807, 2.05) is 26.0 Å². The highest BCUT2D eigenvalue weighted by Gasteiger charge is 2.55. The van der Waals surface area contributed by atoms with Crippen LogP contribution < -0.4 is 10.2 Å². The monoisotopic (exact) mass is 429 g/mol. The van der Waals surface area contributed by atoms with Crippen LogP contribution in [0.25, 0.3) is 0 Å². The maximum absolute atomic E-state index is 13.4. The maximum atomic E-state index is 13.4. The smallest absolute Gasteiger partial charge is 0.263 e. The number of carbonyl (C=O) groups is 3. The van der Waals surface area contributed by atoms with Crippen molar-refractivity contribution in [3.8, 4) is 0 Å². The lowest BCUT2D eigenvalue weighted by Crippen LogP contribution is -2.43. The highest BCUT2D eigenvalue weighted by molar-refractivity contribution is 6.32. The SMILES string of the molecule is Cc1ccc(NC(=O)CN2N=N[C@@H]3C(=O)N(c4ccc(F)c(Cl)c4)C(=O)[C@H]32)c(C)c1. The lowest BCUT2D eigenvalue weighted by Gasteiger charge is -2.20. The summed E-state index contributed by atoms with van der Waals surface area (Å²) in [4.78, 5) is 39.0. The second kappa shape index (κ2) is 7.49. The molecular formula is C20H17ClFN5O3. The predicted octanol–water partition coefficient (Wildman–Crippen LogP) is 3.03. The standard InChI is InChI=1S/C20H17ClFN5O3/c1-10-3-6-15(11(2)7-10)23-16(28)9-26-18-17(24-25-26)19(29)27(20(18)30)12-4-5-14(22)13(21)8-12/h3-8,17-18H,9H2,1-2H3,(H,23,28)/t17-,18-/m0/s1. The molecule has 1 N–H and O–H groups in total. The highest BCUT2D eigenvalue weighted by Crippen LogP contribution is 2.33. The number of halogens is 2. The van der Waals surface area contributed by atoms with E-state index < -0.39 is 35.6 Å². The number of anilines is 2. The number of benzene rings is 2. The Bertz CT molecular complexity index is 1110. The van der Waals surface area contributed by atoms with Crippen LogP contribution in [-0.4, -0.2) is 41.4 Å². The molecule has 8 nitrogen and oxygen atoms in total. The fraction of sp³-hybridized carbons (Fsp3) is 0.250. The Kier molecular flexibility index (Phi) is 4.98. The molecule has 1 fully saturated rings. The van der Waals surface area contributed by atoms with Crippen LogP contribution in [0.15, 0.2) is 46.7 Å². The van der Waals surface area contributed by atoms with Gasteiger partial charge in [0.25, 0.3) is 11.8 Å². The second-order valence-corrected chi connectivity index (χ2v) is 7.58. The van der Waals surface area contributed by atoms with E-state index in [0.29, 0.717) is 5.69 Å². The van der Waals surface area contributed by atoms with Crippen LogP contribution in [0.5, 0.6) is 0 Å². The Morgan fingerprint density at radius 1 is 1.17 bits per heavy atom. The van der Waals surface area contributed by atoms with Crippen LogP contribution >= 0.6 is 11.6 Å². The second-order valence-electron chi connectivity index (χ2n) is 7.17. The predicted molar refractivity (Wildman–Crippen MR) is 108 cm³/mol. The van der Waals surface area contributed by atoms with E-state index in [4.69, 9.17) is 11.6 Å². The average Bonchev–Trinajstić information content (AvgIpc) is 3.20. The molecule has 0 radical (unpaired) electrons. The Hall–Kier alpha value is -3.33. The van der Waals surface area contributed by atoms with Crippen LogP contribution in [0, 0.1) is 19.7 Å². The molecule has 0 aromatic heterocycles. The zero-order valence-corrected chi connectivity index (χ0v) is 16.9. The van der Waals surface area contributed by atoms with E-state index in [1.165, 1.54) is 17.1 Å². The van der Waals surface area contributed by atoms with Crippen LogP contribution in [0.3, 0.4) is 0 Å². The van der Waals surface area contributed by atoms with E-state index in [1.54, 1.807) is 6.07 Å². The van der Waals surface area contributed by atoms with Gasteiger partial charge in [0, 0.05) is 5.69 Å². The number of aryl methyl sites for hydroxylation is 2. The molecule has 2 atom stereocenters. The van der Waals surface area contributed by atoms with E-state index in [2.05, 4.69) is 15.7 Å². The van der Waals surface area contributed by atoms with E-state index in [0.717, 1.165) is 22.1 Å². The summed E-state index contributed by atoms with van der Waals surface area (Å²) < 4.78 is 13.4. The summed E-state index contributed by atoms with van der Waals surface area (Å²) in [5.41, 5.74) is 2.75. The summed E-state index contributed by atoms with van der Waals surface area (Å²) in [6, 6.07) is 7.06. The minimum Gasteiger partial charge on any atom is -0.324 e. The molecule has 0 bridgehead atoms. The molecule has 2 aliphatic heterocycles. The molecule has 2 aromatic rings. The van der Waals surface area contributed by atoms with Crippen molar-refractivity contribution in [3.05, 3.63) is 58.4 Å². The van der Waals surface area contributed by atoms with Crippen LogP contribution in [0.2, 0.25) is 5.02 Å². The van der Waals surface area contributed by atoms with Gasteiger partial charge >= 0.3 is 0 Å². The average molecular weight is 430 g/mol. The first kappa shape index (κ1) is 20.0. The highest BCUT2D eigenvalue weighted by atomic mass is 35.5. The number of imide groups is 1. The zero-order valence-electron chi connectivity index (χ0n) is 16.1. The summed E-state index contributed by atoms with van der Waals surface area (Å²) in [5, 5.41) is 11.5. The first-order valence-corrected chi connectivity index (χ1v) is 9.51. The molecule has 30 heavy (non-hydrogen) atoms. The molecule has 2 heterocycles. The topological polar surface area (TPSA) is 94.4 Å². The third-order valence-corrected chi connectivity index (χ3v) is 5.27. The van der Waals surface area contributed by atoms with Crippen LogP contribution in [-0.2, 0) is 14.4 Å². The minimum atomic E-state index is -1.06. The Balaban J connectivity index is 1.50. The van der Waals surface area contributed by atoms with Crippen molar-refractivity contribution in [2.45, 2.75) is 25.9 Å². The number of hydrogen-bond donors (Lipinski definition) is 1. The summed E-state index contributed by atoms with van der Waals surface area (Å²) in [6.45, 7) is 3.57. The van der Waals surface area contributed by atoms with E-state index >= 15 is 0 Å². The number of amides is 3. The van der Waals surface area contributed by atoms with Crippen molar-refractivity contribution in [3.63, 3.8) is 0 Å². The number of nitrogens with one attached hydrogen (secondary N) is 1. The van der Waals surface area contributed by atoms with Crippen molar-refractivity contribution in [2.75, 3.05) is 16.8 Å². The third-order valence-electron chi connectivity index (χ3n) is 4.98. The van der Waals surface area contributed by atoms with Crippen molar-refractivity contribution in [2.24, 2.45) is 10.3 Å². The van der Waals surface area contributed by atoms with Crippen LogP contribution in [0.1, 0.15) is 11.1 Å². The molecule has 3 amide bonds. The molecule has 2 aromatic carbocycles. The molecule has 4 rings (SSSR count). The maximum Gasteiger partial charge on any atom is 0.263 e. The van der Waals surface area contributed by atoms with Gasteiger partial charge < -0.3 is 5.32 Å². The van der Waals surface area contributed by atoms with Gasteiger partial charge in [-0.15, -0.1) is 0 Å². The molecular weight excluding hydrogens is 413 g/mol. The third kappa shape index (κ3) is 3.41. The Morgan fingerprint density at radius 3 is 2.63 bits per heavy atom. The van der Waals surface area contributed by atoms with Gasteiger partial charge in [0.2, 0.25) is 5.91 Å². The van der Waals surface area contributed by atoms with Gasteiger partial charge in [0.15, 0.2) is 12.1 Å². The van der Waals surface area contributed by atoms with Gasteiger partial charge in [-0.3, -0.25) is 19.4 Å². The van der Waals surface area contributed by atoms with Gasteiger partial charge in [0.1, 0.15) is 12.4 Å². The molecule has 1 saturated heterocycles. The summed E-state index contributed by atoms with van der Waals surface area (Å²) >= 11 is 5.78. The number of carbonyl (C=O) groups excluding carboxylic acids is 3. The van der Waals surface area contributed by atoms with E-state index in [-0.39, 0.29) is 17.3 Å². The summed E-state index contributed by atoms with van der Waals surface area (Å²) in [5.74, 6) is -2.26. The fourth-order valence-electron chi connectivity index (χ4n) is 3.52. The molecule has 0 saturated carbocycles. The largest absolute Gasteiger partial charge is 0.324 e. The van der Waals surface area contributed by atoms with Crippen molar-refractivity contribution in [1.82, 2.24) is 5.01 Å². The molecule has 154 valence electrons. The summed E-state index contributed by atoms with van der Waals surface area (Å²) in [7, 11) is 0. The van der Waals surface area contributed by atoms with Gasteiger partial charge in [0.05, 0.1) is 10.7 Å². The summed E-state index contributed by atoms with van der Waals surface area (Å²) in [6.07, 6.45) is 0. The lowest BCUT2D eigenvalue weighted by molar-refractivity contribution is -0.123. The number of nitrogens with zero attached hydrogens (tertiary/aromatic N) is 4. The normalized spacial score (nSPS) is 20.1. The van der Waals surface area contributed by atoms with Crippen molar-refractivity contribution in [1.29, 1.82) is 0 Å². The van der Waals surface area contributed by atoms with Gasteiger partial charge in [-0.05, 0) is 43.7 Å². The molecule has 10 heteroatoms. The fourth-order valence-corrected chi connectivity index (χ4v) is 3.70. The first-order valence-electron chi connectivity index (χ1n) is 9.13. The zero-order chi connectivity index (χ0) is 21.6. The molecule has 0 unspecified atom stereocenters. The molecule has 2 aliphatic rings. The van der Waals surface area contributed by atoms with E-state index in [9.17, 15) is 18.8 Å². The quantitative estimate of drug-likeness (QED) is 0.756. The van der Waals surface area contributed by atoms with Crippen LogP contribution in [0.4, 0.5) is 15.8 Å². The van der Waals surface area contributed by atoms with Gasteiger partial charge in [-0.25, -0.2) is 9.29 Å². The Morgan fingerprint density at radius 2 is 1.93 bits per heavy atom. The van der Waals surface area contributed by atoms with Crippen molar-refractivity contribution < 1.29 is 18.8 Å². The number of hydrogen-bond acceptors (Lipinski definition) is 6. The van der Waals surface area contributed by atoms with Gasteiger partial charge in [-0.1, -0.05) is 34.5 Å². The molecule has 0 aliphatic carbocycles. The first-order chi connectivity index (χ1) is 14.3. The van der Waals surface area contributed by atoms with Crippen molar-refractivity contribution >= 4 is 40.7 Å². The minimum absolute atomic E-state index is 0.140. The number of fused-ring (bicyclic) bond motifs is 1. The Labute approximate surface area is 176 Å². The molecule has 0 spiro atoms. The number of rotatable bonds is 4. The van der Waals surface area contributed by atoms with Gasteiger partial charge in [-0.2, -0.15) is 5.11 Å².